The Balaban J connectivity index is 2.15. The fraction of sp³-hybridized carbons (Fsp3) is 0.833. The molecule has 2 fully saturated rings. The Morgan fingerprint density at radius 1 is 1.06 bits per heavy atom. The van der Waals surface area contributed by atoms with E-state index in [0.717, 1.165) is 32.1 Å². The molecule has 0 bridgehead atoms. The van der Waals surface area contributed by atoms with Gasteiger partial charge in [0, 0.05) is 31.4 Å². The third-order valence-electron chi connectivity index (χ3n) is 3.75. The second-order valence-corrected chi connectivity index (χ2v) is 4.81. The summed E-state index contributed by atoms with van der Waals surface area (Å²) in [7, 11) is 0. The zero-order valence-corrected chi connectivity index (χ0v) is 9.52. The molecule has 0 aromatic carbocycles. The molecule has 0 aromatic rings. The van der Waals surface area contributed by atoms with Gasteiger partial charge in [-0.1, -0.05) is 6.42 Å². The average molecular weight is 225 g/mol. The largest absolute Gasteiger partial charge is 0.396 e. The number of aliphatic hydroxyl groups excluding tert-OH is 1. The van der Waals surface area contributed by atoms with Crippen LogP contribution in [0.4, 0.5) is 0 Å². The molecule has 1 heterocycles. The van der Waals surface area contributed by atoms with E-state index in [1.807, 2.05) is 0 Å². The van der Waals surface area contributed by atoms with E-state index in [0.29, 0.717) is 12.8 Å². The minimum absolute atomic E-state index is 0.0344. The lowest BCUT2D eigenvalue weighted by Crippen LogP contribution is -2.46. The Labute approximate surface area is 95.6 Å². The average Bonchev–Trinajstić information content (AvgIpc) is 2.66. The summed E-state index contributed by atoms with van der Waals surface area (Å²) in [6.07, 6.45) is 5.41. The highest BCUT2D eigenvalue weighted by Crippen LogP contribution is 2.31. The SMILES string of the molecule is O=C1CCCCC(=O)N1C1CCCC1CO. The van der Waals surface area contributed by atoms with Gasteiger partial charge in [0.2, 0.25) is 11.8 Å². The van der Waals surface area contributed by atoms with E-state index in [9.17, 15) is 14.7 Å². The maximum atomic E-state index is 11.9. The lowest BCUT2D eigenvalue weighted by Gasteiger charge is -2.29. The molecule has 90 valence electrons. The van der Waals surface area contributed by atoms with Crippen LogP contribution in [0.2, 0.25) is 0 Å². The summed E-state index contributed by atoms with van der Waals surface area (Å²) in [4.78, 5) is 25.3. The predicted molar refractivity (Wildman–Crippen MR) is 58.5 cm³/mol. The molecule has 0 spiro atoms. The molecule has 4 heteroatoms. The minimum atomic E-state index is -0.0388. The number of aliphatic hydroxyl groups is 1. The maximum Gasteiger partial charge on any atom is 0.229 e. The van der Waals surface area contributed by atoms with Crippen molar-refractivity contribution in [2.24, 2.45) is 5.92 Å². The van der Waals surface area contributed by atoms with Crippen LogP contribution in [0.15, 0.2) is 0 Å². The van der Waals surface area contributed by atoms with E-state index < -0.39 is 0 Å². The van der Waals surface area contributed by atoms with Crippen LogP contribution < -0.4 is 0 Å². The third kappa shape index (κ3) is 2.12. The van der Waals surface area contributed by atoms with E-state index in [1.165, 1.54) is 4.90 Å². The predicted octanol–water partition coefficient (Wildman–Crippen LogP) is 1.08. The summed E-state index contributed by atoms with van der Waals surface area (Å²) in [6, 6.07) is -0.0388. The molecular weight excluding hydrogens is 206 g/mol. The van der Waals surface area contributed by atoms with Crippen LogP contribution in [-0.2, 0) is 9.59 Å². The van der Waals surface area contributed by atoms with E-state index in [-0.39, 0.29) is 30.4 Å². The summed E-state index contributed by atoms with van der Waals surface area (Å²) in [6.45, 7) is 0.0850. The summed E-state index contributed by atoms with van der Waals surface area (Å²) in [5, 5.41) is 9.26. The summed E-state index contributed by atoms with van der Waals surface area (Å²) < 4.78 is 0. The van der Waals surface area contributed by atoms with Gasteiger partial charge < -0.3 is 5.11 Å². The van der Waals surface area contributed by atoms with Crippen molar-refractivity contribution in [3.8, 4) is 0 Å². The molecule has 0 aromatic heterocycles. The molecule has 1 N–H and O–H groups in total. The van der Waals surface area contributed by atoms with E-state index in [1.54, 1.807) is 0 Å². The monoisotopic (exact) mass is 225 g/mol. The number of carbonyl (C=O) groups is 2. The molecule has 1 aliphatic heterocycles. The van der Waals surface area contributed by atoms with Gasteiger partial charge in [-0.15, -0.1) is 0 Å². The molecule has 1 aliphatic carbocycles. The van der Waals surface area contributed by atoms with Gasteiger partial charge in [0.05, 0.1) is 0 Å². The molecule has 1 saturated heterocycles. The van der Waals surface area contributed by atoms with Gasteiger partial charge in [0.15, 0.2) is 0 Å². The number of hydrogen-bond acceptors (Lipinski definition) is 3. The first-order valence-electron chi connectivity index (χ1n) is 6.20. The number of rotatable bonds is 2. The number of likely N-dealkylation sites (tertiary alicyclic amines) is 1. The Bertz CT molecular complexity index is 272. The van der Waals surface area contributed by atoms with Crippen molar-refractivity contribution >= 4 is 11.8 Å². The molecule has 2 rings (SSSR count). The molecule has 2 amide bonds. The highest BCUT2D eigenvalue weighted by Gasteiger charge is 2.38. The van der Waals surface area contributed by atoms with Crippen LogP contribution >= 0.6 is 0 Å². The first-order valence-corrected chi connectivity index (χ1v) is 6.20. The first-order chi connectivity index (χ1) is 7.74. The van der Waals surface area contributed by atoms with Crippen molar-refractivity contribution < 1.29 is 14.7 Å². The van der Waals surface area contributed by atoms with Gasteiger partial charge in [0.1, 0.15) is 0 Å². The second kappa shape index (κ2) is 4.95. The van der Waals surface area contributed by atoms with Gasteiger partial charge >= 0.3 is 0 Å². The van der Waals surface area contributed by atoms with Crippen LogP contribution in [-0.4, -0.2) is 34.5 Å². The quantitative estimate of drug-likeness (QED) is 0.715. The van der Waals surface area contributed by atoms with Crippen molar-refractivity contribution in [3.63, 3.8) is 0 Å². The van der Waals surface area contributed by atoms with Crippen LogP contribution in [0.1, 0.15) is 44.9 Å². The van der Waals surface area contributed by atoms with Gasteiger partial charge in [0.25, 0.3) is 0 Å². The van der Waals surface area contributed by atoms with Crippen molar-refractivity contribution in [2.75, 3.05) is 6.61 Å². The molecule has 1 saturated carbocycles. The maximum absolute atomic E-state index is 11.9. The minimum Gasteiger partial charge on any atom is -0.396 e. The molecule has 2 atom stereocenters. The van der Waals surface area contributed by atoms with E-state index in [4.69, 9.17) is 0 Å². The van der Waals surface area contributed by atoms with Gasteiger partial charge in [-0.2, -0.15) is 0 Å². The fourth-order valence-corrected chi connectivity index (χ4v) is 2.87. The van der Waals surface area contributed by atoms with Crippen LogP contribution in [0.3, 0.4) is 0 Å². The normalized spacial score (nSPS) is 31.9. The summed E-state index contributed by atoms with van der Waals surface area (Å²) in [5.74, 6) is 0.0340. The summed E-state index contributed by atoms with van der Waals surface area (Å²) in [5.41, 5.74) is 0. The van der Waals surface area contributed by atoms with Crippen LogP contribution in [0.25, 0.3) is 0 Å². The lowest BCUT2D eigenvalue weighted by atomic mass is 10.0. The van der Waals surface area contributed by atoms with Gasteiger partial charge in [-0.3, -0.25) is 14.5 Å². The van der Waals surface area contributed by atoms with E-state index >= 15 is 0 Å². The number of nitrogens with zero attached hydrogens (tertiary/aromatic N) is 1. The van der Waals surface area contributed by atoms with Gasteiger partial charge in [-0.25, -0.2) is 0 Å². The molecule has 4 nitrogen and oxygen atoms in total. The van der Waals surface area contributed by atoms with Crippen molar-refractivity contribution in [2.45, 2.75) is 51.0 Å². The van der Waals surface area contributed by atoms with Crippen molar-refractivity contribution in [1.82, 2.24) is 4.90 Å². The Morgan fingerprint density at radius 2 is 1.69 bits per heavy atom. The second-order valence-electron chi connectivity index (χ2n) is 4.81. The molecule has 2 aliphatic rings. The molecular formula is C12H19NO3. The zero-order valence-electron chi connectivity index (χ0n) is 9.52. The highest BCUT2D eigenvalue weighted by atomic mass is 16.3. The standard InChI is InChI=1S/C12H19NO3/c14-8-9-4-3-5-10(9)13-11(15)6-1-2-7-12(13)16/h9-10,14H,1-8H2. The van der Waals surface area contributed by atoms with Crippen molar-refractivity contribution in [1.29, 1.82) is 0 Å². The van der Waals surface area contributed by atoms with Crippen molar-refractivity contribution in [3.05, 3.63) is 0 Å². The fourth-order valence-electron chi connectivity index (χ4n) is 2.87. The summed E-state index contributed by atoms with van der Waals surface area (Å²) >= 11 is 0. The van der Waals surface area contributed by atoms with Crippen LogP contribution in [0, 0.1) is 5.92 Å². The highest BCUT2D eigenvalue weighted by molar-refractivity contribution is 5.96. The Morgan fingerprint density at radius 3 is 2.25 bits per heavy atom. The lowest BCUT2D eigenvalue weighted by molar-refractivity contribution is -0.147. The smallest absolute Gasteiger partial charge is 0.229 e. The Hall–Kier alpha value is -0.900. The Kier molecular flexibility index (Phi) is 3.59. The number of amides is 2. The van der Waals surface area contributed by atoms with E-state index in [2.05, 4.69) is 0 Å². The number of carbonyl (C=O) groups excluding carboxylic acids is 2. The third-order valence-corrected chi connectivity index (χ3v) is 3.75. The molecule has 0 radical (unpaired) electrons. The number of imide groups is 1. The molecule has 2 unspecified atom stereocenters. The van der Waals surface area contributed by atoms with Crippen LogP contribution in [0.5, 0.6) is 0 Å². The number of hydrogen-bond donors (Lipinski definition) is 1. The van der Waals surface area contributed by atoms with Gasteiger partial charge in [-0.05, 0) is 25.7 Å². The molecule has 16 heavy (non-hydrogen) atoms. The zero-order chi connectivity index (χ0) is 11.5. The topological polar surface area (TPSA) is 57.6 Å². The first kappa shape index (κ1) is 11.6.